The monoisotopic (exact) mass is 408 g/mol. The Morgan fingerprint density at radius 3 is 1.86 bits per heavy atom. The molecule has 4 nitrogen and oxygen atoms in total. The number of nitrogens with one attached hydrogen (secondary N) is 2. The minimum Gasteiger partial charge on any atom is -0.325 e. The van der Waals surface area contributed by atoms with E-state index in [-0.39, 0.29) is 11.3 Å². The average molecular weight is 408 g/mol. The molecule has 2 N–H and O–H groups in total. The molecule has 2 rings (SSSR count). The fourth-order valence-corrected chi connectivity index (χ4v) is 2.21. The lowest BCUT2D eigenvalue weighted by Crippen LogP contribution is -2.45. The molecule has 0 atom stereocenters. The van der Waals surface area contributed by atoms with Crippen LogP contribution in [0.15, 0.2) is 48.5 Å². The van der Waals surface area contributed by atoms with Crippen molar-refractivity contribution >= 4 is 23.2 Å². The van der Waals surface area contributed by atoms with E-state index >= 15 is 0 Å². The number of hydrogen-bond donors (Lipinski definition) is 2. The van der Waals surface area contributed by atoms with Crippen LogP contribution in [0.25, 0.3) is 0 Å². The third kappa shape index (κ3) is 5.21. The molecule has 0 radical (unpaired) electrons. The van der Waals surface area contributed by atoms with Crippen molar-refractivity contribution in [1.82, 2.24) is 0 Å². The van der Waals surface area contributed by atoms with Crippen molar-refractivity contribution in [2.75, 3.05) is 10.6 Å². The van der Waals surface area contributed by atoms with E-state index in [1.807, 2.05) is 0 Å². The molecule has 0 bridgehead atoms. The van der Waals surface area contributed by atoms with Gasteiger partial charge in [0, 0.05) is 5.69 Å². The van der Waals surface area contributed by atoms with E-state index in [4.69, 9.17) is 0 Å². The summed E-state index contributed by atoms with van der Waals surface area (Å²) in [6.45, 7) is 0. The summed E-state index contributed by atoms with van der Waals surface area (Å²) in [4.78, 5) is 23.9. The molecular weight excluding hydrogens is 397 g/mol. The van der Waals surface area contributed by atoms with Gasteiger partial charge in [-0.25, -0.2) is 4.39 Å². The van der Waals surface area contributed by atoms with Gasteiger partial charge in [-0.15, -0.1) is 0 Å². The molecule has 0 fully saturated rings. The fourth-order valence-electron chi connectivity index (χ4n) is 2.21. The standard InChI is InChI=1S/C17H11F7N2O2/c18-9-5-7-10(8-6-9)25-14(27)11-3-1-2-4-12(11)26-15(28)13(16(19,20)21)17(22,23)24/h1-8,13H,(H,25,27)(H,26,28). The van der Waals surface area contributed by atoms with Crippen LogP contribution in [-0.4, -0.2) is 24.2 Å². The summed E-state index contributed by atoms with van der Waals surface area (Å²) < 4.78 is 88.8. The number of halogens is 7. The van der Waals surface area contributed by atoms with Crippen LogP contribution in [0, 0.1) is 11.7 Å². The number of carbonyl (C=O) groups excluding carboxylic acids is 2. The largest absolute Gasteiger partial charge is 0.409 e. The van der Waals surface area contributed by atoms with Crippen LogP contribution >= 0.6 is 0 Å². The Labute approximate surface area is 153 Å². The van der Waals surface area contributed by atoms with Gasteiger partial charge < -0.3 is 10.6 Å². The van der Waals surface area contributed by atoms with Gasteiger partial charge in [0.25, 0.3) is 5.91 Å². The van der Waals surface area contributed by atoms with Crippen molar-refractivity contribution in [1.29, 1.82) is 0 Å². The lowest BCUT2D eigenvalue weighted by Gasteiger charge is -2.22. The minimum atomic E-state index is -5.87. The maximum absolute atomic E-state index is 12.9. The lowest BCUT2D eigenvalue weighted by atomic mass is 10.1. The fraction of sp³-hybridized carbons (Fsp3) is 0.176. The van der Waals surface area contributed by atoms with Crippen LogP contribution in [0.3, 0.4) is 0 Å². The summed E-state index contributed by atoms with van der Waals surface area (Å²) in [5, 5.41) is 3.79. The highest BCUT2D eigenvalue weighted by Crippen LogP contribution is 2.40. The summed E-state index contributed by atoms with van der Waals surface area (Å²) in [7, 11) is 0. The van der Waals surface area contributed by atoms with E-state index in [2.05, 4.69) is 5.32 Å². The molecule has 150 valence electrons. The molecule has 0 aliphatic rings. The van der Waals surface area contributed by atoms with Gasteiger partial charge in [0.15, 0.2) is 0 Å². The van der Waals surface area contributed by atoms with Crippen LogP contribution in [-0.2, 0) is 4.79 Å². The van der Waals surface area contributed by atoms with Gasteiger partial charge in [0.1, 0.15) is 5.82 Å². The number of para-hydroxylation sites is 1. The van der Waals surface area contributed by atoms with E-state index in [0.29, 0.717) is 0 Å². The molecular formula is C17H11F7N2O2. The van der Waals surface area contributed by atoms with E-state index in [0.717, 1.165) is 24.3 Å². The van der Waals surface area contributed by atoms with Crippen LogP contribution in [0.2, 0.25) is 0 Å². The minimum absolute atomic E-state index is 0.121. The Kier molecular flexibility index (Phi) is 5.95. The molecule has 0 aromatic heterocycles. The molecule has 0 aliphatic heterocycles. The smallest absolute Gasteiger partial charge is 0.325 e. The Hall–Kier alpha value is -3.11. The number of amides is 2. The lowest BCUT2D eigenvalue weighted by molar-refractivity contribution is -0.272. The molecule has 0 aliphatic carbocycles. The van der Waals surface area contributed by atoms with Crippen molar-refractivity contribution < 1.29 is 40.3 Å². The van der Waals surface area contributed by atoms with Gasteiger partial charge in [0.05, 0.1) is 11.3 Å². The quantitative estimate of drug-likeness (QED) is 0.717. The van der Waals surface area contributed by atoms with E-state index in [9.17, 15) is 40.3 Å². The van der Waals surface area contributed by atoms with E-state index in [1.54, 1.807) is 0 Å². The molecule has 0 heterocycles. The van der Waals surface area contributed by atoms with Crippen molar-refractivity contribution in [2.45, 2.75) is 12.4 Å². The molecule has 2 aromatic rings. The van der Waals surface area contributed by atoms with Crippen molar-refractivity contribution in [3.05, 3.63) is 59.9 Å². The van der Waals surface area contributed by atoms with Gasteiger partial charge in [0.2, 0.25) is 11.8 Å². The first-order valence-electron chi connectivity index (χ1n) is 7.50. The first-order valence-corrected chi connectivity index (χ1v) is 7.50. The van der Waals surface area contributed by atoms with Gasteiger partial charge in [-0.2, -0.15) is 26.3 Å². The van der Waals surface area contributed by atoms with Gasteiger partial charge in [-0.1, -0.05) is 12.1 Å². The topological polar surface area (TPSA) is 58.2 Å². The molecule has 0 spiro atoms. The molecule has 11 heteroatoms. The van der Waals surface area contributed by atoms with Gasteiger partial charge >= 0.3 is 12.4 Å². The Morgan fingerprint density at radius 2 is 1.32 bits per heavy atom. The highest BCUT2D eigenvalue weighted by atomic mass is 19.4. The maximum Gasteiger partial charge on any atom is 0.409 e. The van der Waals surface area contributed by atoms with Crippen LogP contribution in [0.4, 0.5) is 42.1 Å². The summed E-state index contributed by atoms with van der Waals surface area (Å²) in [6.07, 6.45) is -11.7. The maximum atomic E-state index is 12.9. The van der Waals surface area contributed by atoms with E-state index in [1.165, 1.54) is 29.6 Å². The zero-order valence-corrected chi connectivity index (χ0v) is 13.7. The Bertz CT molecular complexity index is 847. The Morgan fingerprint density at radius 1 is 0.786 bits per heavy atom. The second-order valence-electron chi connectivity index (χ2n) is 5.51. The molecule has 0 unspecified atom stereocenters. The Balaban J connectivity index is 2.27. The SMILES string of the molecule is O=C(Nc1ccc(F)cc1)c1ccccc1NC(=O)C(C(F)(F)F)C(F)(F)F. The van der Waals surface area contributed by atoms with Crippen LogP contribution in [0.5, 0.6) is 0 Å². The number of anilines is 2. The van der Waals surface area contributed by atoms with Gasteiger partial charge in [-0.05, 0) is 36.4 Å². The summed E-state index contributed by atoms with van der Waals surface area (Å²) in [5.41, 5.74) is -0.815. The number of benzene rings is 2. The number of hydrogen-bond acceptors (Lipinski definition) is 2. The number of carbonyl (C=O) groups is 2. The number of alkyl halides is 6. The first kappa shape index (κ1) is 21.2. The summed E-state index contributed by atoms with van der Waals surface area (Å²) in [5.74, 6) is -8.15. The predicted molar refractivity (Wildman–Crippen MR) is 85.0 cm³/mol. The third-order valence-electron chi connectivity index (χ3n) is 3.45. The zero-order valence-electron chi connectivity index (χ0n) is 13.7. The van der Waals surface area contributed by atoms with Gasteiger partial charge in [-0.3, -0.25) is 9.59 Å². The molecule has 0 saturated heterocycles. The van der Waals surface area contributed by atoms with Crippen LogP contribution < -0.4 is 10.6 Å². The van der Waals surface area contributed by atoms with Crippen molar-refractivity contribution in [3.8, 4) is 0 Å². The normalized spacial score (nSPS) is 12.0. The average Bonchev–Trinajstić information content (AvgIpc) is 2.54. The van der Waals surface area contributed by atoms with E-state index < -0.39 is 41.6 Å². The number of rotatable bonds is 4. The van der Waals surface area contributed by atoms with Crippen molar-refractivity contribution in [2.24, 2.45) is 5.92 Å². The third-order valence-corrected chi connectivity index (χ3v) is 3.45. The zero-order chi connectivity index (χ0) is 21.1. The highest BCUT2D eigenvalue weighted by molar-refractivity contribution is 6.10. The molecule has 2 amide bonds. The summed E-state index contributed by atoms with van der Waals surface area (Å²) >= 11 is 0. The molecule has 2 aromatic carbocycles. The van der Waals surface area contributed by atoms with Crippen molar-refractivity contribution in [3.63, 3.8) is 0 Å². The molecule has 28 heavy (non-hydrogen) atoms. The first-order chi connectivity index (χ1) is 12.9. The highest BCUT2D eigenvalue weighted by Gasteiger charge is 2.61. The molecule has 0 saturated carbocycles. The second kappa shape index (κ2) is 7.87. The second-order valence-corrected chi connectivity index (χ2v) is 5.51. The predicted octanol–water partition coefficient (Wildman–Crippen LogP) is 4.76. The summed E-state index contributed by atoms with van der Waals surface area (Å²) in [6, 6.07) is 9.00. The van der Waals surface area contributed by atoms with Crippen LogP contribution in [0.1, 0.15) is 10.4 Å².